The Kier molecular flexibility index (Phi) is 4.05. The number of hydrogen-bond acceptors (Lipinski definition) is 5. The Morgan fingerprint density at radius 2 is 1.92 bits per heavy atom. The summed E-state index contributed by atoms with van der Waals surface area (Å²) in [5, 5.41) is 5.07. The van der Waals surface area contributed by atoms with E-state index >= 15 is 0 Å². The fraction of sp³-hybridized carbons (Fsp3) is 0.562. The van der Waals surface area contributed by atoms with Gasteiger partial charge in [0.2, 0.25) is 20.0 Å². The summed E-state index contributed by atoms with van der Waals surface area (Å²) in [4.78, 5) is 12.3. The summed E-state index contributed by atoms with van der Waals surface area (Å²) in [5.41, 5.74) is -1.12. The molecule has 0 radical (unpaired) electrons. The third-order valence-electron chi connectivity index (χ3n) is 6.01. The second-order valence-electron chi connectivity index (χ2n) is 7.60. The molecule has 1 unspecified atom stereocenters. The first-order valence-corrected chi connectivity index (χ1v) is 11.2. The number of sulfonamides is 2. The van der Waals surface area contributed by atoms with Crippen LogP contribution < -0.4 is 9.86 Å². The predicted molar refractivity (Wildman–Crippen MR) is 93.8 cm³/mol. The molecule has 2 saturated carbocycles. The molecule has 138 valence electrons. The van der Waals surface area contributed by atoms with Crippen molar-refractivity contribution < 1.29 is 21.6 Å². The molecule has 0 amide bonds. The van der Waals surface area contributed by atoms with Gasteiger partial charge in [0.05, 0.1) is 16.1 Å². The number of fused-ring (bicyclic) bond motifs is 2. The number of ketones is 1. The molecule has 3 rings (SSSR count). The van der Waals surface area contributed by atoms with E-state index in [0.717, 1.165) is 6.42 Å². The molecule has 2 atom stereocenters. The Hall–Kier alpha value is -1.45. The largest absolute Gasteiger partial charge is 0.299 e. The lowest BCUT2D eigenvalue weighted by Crippen LogP contribution is -2.43. The average Bonchev–Trinajstić information content (AvgIpc) is 2.79. The SMILES string of the molecule is CC1(C)C2CC[C@]1(CS(=O)(=O)Nc1cccc(S(N)(=O)=O)c1)C(=O)C2. The standard InChI is InChI=1S/C16H22N2O5S2/c1-15(2)11-6-7-16(15,14(19)8-11)10-24(20,21)18-12-4-3-5-13(9-12)25(17,22)23/h3-5,9,11,18H,6-8,10H2,1-2H3,(H2,17,22,23)/t11?,16-/m0/s1. The van der Waals surface area contributed by atoms with Crippen molar-refractivity contribution in [1.29, 1.82) is 0 Å². The highest BCUT2D eigenvalue weighted by Gasteiger charge is 2.65. The Balaban J connectivity index is 1.88. The average molecular weight is 386 g/mol. The quantitative estimate of drug-likeness (QED) is 0.793. The van der Waals surface area contributed by atoms with Crippen LogP contribution in [0.5, 0.6) is 0 Å². The number of nitrogens with two attached hydrogens (primary N) is 1. The van der Waals surface area contributed by atoms with E-state index < -0.39 is 25.5 Å². The zero-order chi connectivity index (χ0) is 18.7. The van der Waals surface area contributed by atoms with Gasteiger partial charge in [-0.3, -0.25) is 9.52 Å². The summed E-state index contributed by atoms with van der Waals surface area (Å²) in [6.07, 6.45) is 1.86. The van der Waals surface area contributed by atoms with E-state index in [0.29, 0.717) is 12.8 Å². The first-order valence-electron chi connectivity index (χ1n) is 8.04. The molecule has 2 fully saturated rings. The number of nitrogens with one attached hydrogen (secondary N) is 1. The van der Waals surface area contributed by atoms with Crippen LogP contribution in [0.2, 0.25) is 0 Å². The number of benzene rings is 1. The number of hydrogen-bond donors (Lipinski definition) is 2. The van der Waals surface area contributed by atoms with Gasteiger partial charge in [0, 0.05) is 12.1 Å². The first kappa shape index (κ1) is 18.3. The second-order valence-corrected chi connectivity index (χ2v) is 10.9. The van der Waals surface area contributed by atoms with E-state index in [-0.39, 0.29) is 33.5 Å². The van der Waals surface area contributed by atoms with Gasteiger partial charge in [0.25, 0.3) is 0 Å². The number of carbonyl (C=O) groups excluding carboxylic acids is 1. The Bertz CT molecular complexity index is 937. The summed E-state index contributed by atoms with van der Waals surface area (Å²) in [7, 11) is -7.76. The maximum absolute atomic E-state index is 12.7. The summed E-state index contributed by atoms with van der Waals surface area (Å²) in [6.45, 7) is 3.93. The van der Waals surface area contributed by atoms with Crippen LogP contribution in [-0.2, 0) is 24.8 Å². The molecular formula is C16H22N2O5S2. The highest BCUT2D eigenvalue weighted by molar-refractivity contribution is 7.92. The van der Waals surface area contributed by atoms with E-state index in [1.54, 1.807) is 0 Å². The molecule has 25 heavy (non-hydrogen) atoms. The molecule has 1 aromatic carbocycles. The van der Waals surface area contributed by atoms with E-state index in [9.17, 15) is 21.6 Å². The summed E-state index contributed by atoms with van der Waals surface area (Å²) in [5.74, 6) is -0.0552. The van der Waals surface area contributed by atoms with Crippen molar-refractivity contribution in [3.05, 3.63) is 24.3 Å². The molecule has 9 heteroatoms. The third-order valence-corrected chi connectivity index (χ3v) is 8.34. The number of Topliss-reactive ketones (excluding diaryl/α,β-unsaturated/α-hetero) is 1. The molecule has 1 aromatic rings. The fourth-order valence-electron chi connectivity index (χ4n) is 4.38. The maximum Gasteiger partial charge on any atom is 0.238 e. The maximum atomic E-state index is 12.7. The molecule has 2 aliphatic rings. The zero-order valence-corrected chi connectivity index (χ0v) is 15.8. The highest BCUT2D eigenvalue weighted by atomic mass is 32.2. The zero-order valence-electron chi connectivity index (χ0n) is 14.2. The van der Waals surface area contributed by atoms with Crippen LogP contribution in [0.1, 0.15) is 33.1 Å². The number of anilines is 1. The second kappa shape index (κ2) is 5.52. The van der Waals surface area contributed by atoms with Gasteiger partial charge in [-0.05, 0) is 42.4 Å². The minimum Gasteiger partial charge on any atom is -0.299 e. The first-order chi connectivity index (χ1) is 11.4. The Morgan fingerprint density at radius 3 is 2.44 bits per heavy atom. The minimum absolute atomic E-state index is 0.0115. The van der Waals surface area contributed by atoms with Crippen molar-refractivity contribution in [2.75, 3.05) is 10.5 Å². The normalized spacial score (nSPS) is 28.3. The van der Waals surface area contributed by atoms with Crippen LogP contribution in [0.15, 0.2) is 29.2 Å². The van der Waals surface area contributed by atoms with Crippen molar-refractivity contribution in [3.63, 3.8) is 0 Å². The molecule has 0 heterocycles. The van der Waals surface area contributed by atoms with E-state index in [1.807, 2.05) is 13.8 Å². The predicted octanol–water partition coefficient (Wildman–Crippen LogP) is 1.47. The third kappa shape index (κ3) is 2.98. The number of rotatable bonds is 5. The lowest BCUT2D eigenvalue weighted by Gasteiger charge is -2.36. The minimum atomic E-state index is -3.93. The Morgan fingerprint density at radius 1 is 1.24 bits per heavy atom. The molecule has 3 N–H and O–H groups in total. The van der Waals surface area contributed by atoms with E-state index in [2.05, 4.69) is 4.72 Å². The van der Waals surface area contributed by atoms with Gasteiger partial charge < -0.3 is 0 Å². The molecule has 0 aliphatic heterocycles. The molecule has 7 nitrogen and oxygen atoms in total. The van der Waals surface area contributed by atoms with Crippen LogP contribution in [0, 0.1) is 16.7 Å². The topological polar surface area (TPSA) is 123 Å². The smallest absolute Gasteiger partial charge is 0.238 e. The summed E-state index contributed by atoms with van der Waals surface area (Å²) < 4.78 is 50.6. The molecule has 2 bridgehead atoms. The van der Waals surface area contributed by atoms with E-state index in [4.69, 9.17) is 5.14 Å². The van der Waals surface area contributed by atoms with Crippen LogP contribution in [0.3, 0.4) is 0 Å². The molecule has 2 aliphatic carbocycles. The van der Waals surface area contributed by atoms with Gasteiger partial charge in [-0.15, -0.1) is 0 Å². The van der Waals surface area contributed by atoms with Crippen LogP contribution in [-0.4, -0.2) is 28.4 Å². The van der Waals surface area contributed by atoms with E-state index in [1.165, 1.54) is 24.3 Å². The van der Waals surface area contributed by atoms with Crippen LogP contribution in [0.25, 0.3) is 0 Å². The fourth-order valence-corrected chi connectivity index (χ4v) is 6.83. The van der Waals surface area contributed by atoms with Crippen molar-refractivity contribution in [3.8, 4) is 0 Å². The van der Waals surface area contributed by atoms with Gasteiger partial charge in [-0.25, -0.2) is 22.0 Å². The van der Waals surface area contributed by atoms with Gasteiger partial charge in [-0.1, -0.05) is 19.9 Å². The van der Waals surface area contributed by atoms with Crippen molar-refractivity contribution in [1.82, 2.24) is 0 Å². The summed E-state index contributed by atoms with van der Waals surface area (Å²) in [6, 6.07) is 5.32. The highest BCUT2D eigenvalue weighted by Crippen LogP contribution is 2.64. The van der Waals surface area contributed by atoms with Gasteiger partial charge in [-0.2, -0.15) is 0 Å². The lowest BCUT2D eigenvalue weighted by atomic mass is 9.70. The van der Waals surface area contributed by atoms with Crippen molar-refractivity contribution >= 4 is 31.5 Å². The Labute approximate surface area is 148 Å². The molecule has 0 aromatic heterocycles. The molecular weight excluding hydrogens is 364 g/mol. The lowest BCUT2D eigenvalue weighted by molar-refractivity contribution is -0.128. The van der Waals surface area contributed by atoms with Crippen LogP contribution >= 0.6 is 0 Å². The van der Waals surface area contributed by atoms with Gasteiger partial charge in [0.1, 0.15) is 5.78 Å². The van der Waals surface area contributed by atoms with Crippen molar-refractivity contribution in [2.45, 2.75) is 38.0 Å². The monoisotopic (exact) mass is 386 g/mol. The van der Waals surface area contributed by atoms with Crippen LogP contribution in [0.4, 0.5) is 5.69 Å². The molecule has 0 saturated heterocycles. The number of primary sulfonamides is 1. The molecule has 0 spiro atoms. The van der Waals surface area contributed by atoms with Gasteiger partial charge in [0.15, 0.2) is 0 Å². The van der Waals surface area contributed by atoms with Gasteiger partial charge >= 0.3 is 0 Å². The summed E-state index contributed by atoms with van der Waals surface area (Å²) >= 11 is 0. The number of carbonyl (C=O) groups is 1. The van der Waals surface area contributed by atoms with Crippen molar-refractivity contribution in [2.24, 2.45) is 21.9 Å².